The zero-order valence-electron chi connectivity index (χ0n) is 12.9. The molecule has 2 rings (SSSR count). The van der Waals surface area contributed by atoms with Gasteiger partial charge in [-0.25, -0.2) is 14.6 Å². The third-order valence-corrected chi connectivity index (χ3v) is 3.00. The van der Waals surface area contributed by atoms with Gasteiger partial charge in [0.25, 0.3) is 0 Å². The van der Waals surface area contributed by atoms with E-state index in [-0.39, 0.29) is 12.1 Å². The fourth-order valence-electron chi connectivity index (χ4n) is 1.95. The molecular formula is C15H19N5O3. The molecule has 0 unspecified atom stereocenters. The molecule has 0 saturated heterocycles. The van der Waals surface area contributed by atoms with Gasteiger partial charge < -0.3 is 19.9 Å². The molecular weight excluding hydrogens is 298 g/mol. The van der Waals surface area contributed by atoms with Gasteiger partial charge in [-0.15, -0.1) is 0 Å². The van der Waals surface area contributed by atoms with Gasteiger partial charge in [0.1, 0.15) is 0 Å². The van der Waals surface area contributed by atoms with Crippen molar-refractivity contribution in [1.29, 1.82) is 0 Å². The maximum Gasteiger partial charge on any atom is 0.411 e. The highest BCUT2D eigenvalue weighted by molar-refractivity contribution is 5.90. The minimum atomic E-state index is -0.545. The molecule has 1 aromatic carbocycles. The number of carbonyl (C=O) groups is 2. The van der Waals surface area contributed by atoms with Gasteiger partial charge in [0.2, 0.25) is 0 Å². The zero-order chi connectivity index (χ0) is 16.7. The number of aromatic nitrogens is 2. The third-order valence-electron chi connectivity index (χ3n) is 3.00. The van der Waals surface area contributed by atoms with Gasteiger partial charge in [0.05, 0.1) is 13.4 Å². The summed E-state index contributed by atoms with van der Waals surface area (Å²) in [7, 11) is 1.29. The van der Waals surface area contributed by atoms with E-state index in [1.54, 1.807) is 36.8 Å². The number of ether oxygens (including phenoxy) is 1. The van der Waals surface area contributed by atoms with Crippen LogP contribution in [-0.2, 0) is 11.3 Å². The standard InChI is InChI=1S/C15H19N5O3/c1-11(9-20-8-7-16-10-20)17-14(21)18-12-3-5-13(6-4-12)19-15(22)23-2/h3-8,10-11H,9H2,1-2H3,(H,19,22)(H2,17,18,21)/t11-/m1/s1. The van der Waals surface area contributed by atoms with Gasteiger partial charge in [0.15, 0.2) is 0 Å². The number of rotatable bonds is 5. The summed E-state index contributed by atoms with van der Waals surface area (Å²) in [5.41, 5.74) is 1.20. The van der Waals surface area contributed by atoms with E-state index in [9.17, 15) is 9.59 Å². The molecule has 0 aliphatic carbocycles. The second-order valence-corrected chi connectivity index (χ2v) is 4.95. The Morgan fingerprint density at radius 1 is 1.22 bits per heavy atom. The Hall–Kier alpha value is -3.03. The molecule has 23 heavy (non-hydrogen) atoms. The van der Waals surface area contributed by atoms with Crippen LogP contribution in [0.1, 0.15) is 6.92 Å². The first-order chi connectivity index (χ1) is 11.1. The van der Waals surface area contributed by atoms with E-state index in [1.807, 2.05) is 17.7 Å². The molecule has 3 N–H and O–H groups in total. The van der Waals surface area contributed by atoms with Crippen LogP contribution in [-0.4, -0.2) is 34.8 Å². The largest absolute Gasteiger partial charge is 0.453 e. The van der Waals surface area contributed by atoms with Gasteiger partial charge >= 0.3 is 12.1 Å². The summed E-state index contributed by atoms with van der Waals surface area (Å²) in [5, 5.41) is 8.09. The minimum absolute atomic E-state index is 0.0514. The van der Waals surface area contributed by atoms with Crippen LogP contribution in [0.3, 0.4) is 0 Å². The second-order valence-electron chi connectivity index (χ2n) is 4.95. The van der Waals surface area contributed by atoms with Gasteiger partial charge in [-0.05, 0) is 31.2 Å². The number of hydrogen-bond acceptors (Lipinski definition) is 4. The molecule has 0 saturated carbocycles. The van der Waals surface area contributed by atoms with Gasteiger partial charge in [-0.2, -0.15) is 0 Å². The molecule has 0 radical (unpaired) electrons. The first kappa shape index (κ1) is 16.3. The number of nitrogens with zero attached hydrogens (tertiary/aromatic N) is 2. The molecule has 0 spiro atoms. The Labute approximate surface area is 133 Å². The average molecular weight is 317 g/mol. The first-order valence-electron chi connectivity index (χ1n) is 7.05. The van der Waals surface area contributed by atoms with Crippen molar-refractivity contribution in [2.75, 3.05) is 17.7 Å². The van der Waals surface area contributed by atoms with Crippen LogP contribution in [0.15, 0.2) is 43.0 Å². The number of imidazole rings is 1. The highest BCUT2D eigenvalue weighted by atomic mass is 16.5. The predicted molar refractivity (Wildman–Crippen MR) is 86.3 cm³/mol. The molecule has 0 aliphatic rings. The molecule has 0 aliphatic heterocycles. The summed E-state index contributed by atoms with van der Waals surface area (Å²) >= 11 is 0. The van der Waals surface area contributed by atoms with Crippen LogP contribution in [0.4, 0.5) is 21.0 Å². The average Bonchev–Trinajstić information content (AvgIpc) is 3.01. The molecule has 1 aromatic heterocycles. The van der Waals surface area contributed by atoms with Crippen molar-refractivity contribution in [2.24, 2.45) is 0 Å². The number of anilines is 2. The number of urea groups is 1. The van der Waals surface area contributed by atoms with E-state index in [0.29, 0.717) is 17.9 Å². The van der Waals surface area contributed by atoms with Crippen LogP contribution in [0, 0.1) is 0 Å². The van der Waals surface area contributed by atoms with E-state index < -0.39 is 6.09 Å². The minimum Gasteiger partial charge on any atom is -0.453 e. The normalized spacial score (nSPS) is 11.4. The second kappa shape index (κ2) is 7.83. The van der Waals surface area contributed by atoms with Crippen molar-refractivity contribution in [3.05, 3.63) is 43.0 Å². The van der Waals surface area contributed by atoms with Crippen LogP contribution in [0.25, 0.3) is 0 Å². The van der Waals surface area contributed by atoms with Gasteiger partial charge in [-0.3, -0.25) is 5.32 Å². The molecule has 1 heterocycles. The van der Waals surface area contributed by atoms with Crippen molar-refractivity contribution in [3.8, 4) is 0 Å². The quantitative estimate of drug-likeness (QED) is 0.788. The Balaban J connectivity index is 1.81. The van der Waals surface area contributed by atoms with E-state index >= 15 is 0 Å². The van der Waals surface area contributed by atoms with Crippen molar-refractivity contribution < 1.29 is 14.3 Å². The number of amides is 3. The molecule has 2 aromatic rings. The van der Waals surface area contributed by atoms with Gasteiger partial charge in [0, 0.05) is 36.4 Å². The SMILES string of the molecule is COC(=O)Nc1ccc(NC(=O)N[C@H](C)Cn2ccnc2)cc1. The van der Waals surface area contributed by atoms with Crippen molar-refractivity contribution >= 4 is 23.5 Å². The first-order valence-corrected chi connectivity index (χ1v) is 7.05. The van der Waals surface area contributed by atoms with Crippen molar-refractivity contribution in [1.82, 2.24) is 14.9 Å². The number of methoxy groups -OCH3 is 1. The Morgan fingerprint density at radius 2 is 1.87 bits per heavy atom. The number of nitrogens with one attached hydrogen (secondary N) is 3. The van der Waals surface area contributed by atoms with E-state index in [4.69, 9.17) is 0 Å². The molecule has 8 nitrogen and oxygen atoms in total. The highest BCUT2D eigenvalue weighted by Gasteiger charge is 2.08. The summed E-state index contributed by atoms with van der Waals surface area (Å²) < 4.78 is 6.39. The lowest BCUT2D eigenvalue weighted by atomic mass is 10.3. The fourth-order valence-corrected chi connectivity index (χ4v) is 1.95. The van der Waals surface area contributed by atoms with E-state index in [0.717, 1.165) is 0 Å². The Bertz CT molecular complexity index is 640. The highest BCUT2D eigenvalue weighted by Crippen LogP contribution is 2.13. The van der Waals surface area contributed by atoms with Crippen LogP contribution in [0.2, 0.25) is 0 Å². The molecule has 0 bridgehead atoms. The zero-order valence-corrected chi connectivity index (χ0v) is 12.9. The smallest absolute Gasteiger partial charge is 0.411 e. The molecule has 1 atom stereocenters. The number of carbonyl (C=O) groups excluding carboxylic acids is 2. The lowest BCUT2D eigenvalue weighted by Crippen LogP contribution is -2.38. The number of hydrogen-bond donors (Lipinski definition) is 3. The Morgan fingerprint density at radius 3 is 2.43 bits per heavy atom. The lowest BCUT2D eigenvalue weighted by molar-refractivity contribution is 0.187. The Kier molecular flexibility index (Phi) is 5.56. The molecule has 3 amide bonds. The summed E-state index contributed by atoms with van der Waals surface area (Å²) in [6.45, 7) is 2.54. The van der Waals surface area contributed by atoms with Crippen LogP contribution in [0.5, 0.6) is 0 Å². The summed E-state index contributed by atoms with van der Waals surface area (Å²) in [4.78, 5) is 27.0. The maximum atomic E-state index is 11.9. The van der Waals surface area contributed by atoms with Gasteiger partial charge in [-0.1, -0.05) is 0 Å². The van der Waals surface area contributed by atoms with E-state index in [1.165, 1.54) is 7.11 Å². The topological polar surface area (TPSA) is 97.3 Å². The van der Waals surface area contributed by atoms with Crippen LogP contribution >= 0.6 is 0 Å². The maximum absolute atomic E-state index is 11.9. The molecule has 8 heteroatoms. The van der Waals surface area contributed by atoms with E-state index in [2.05, 4.69) is 25.7 Å². The molecule has 0 fully saturated rings. The summed E-state index contributed by atoms with van der Waals surface area (Å²) in [6.07, 6.45) is 4.68. The lowest BCUT2D eigenvalue weighted by Gasteiger charge is -2.15. The van der Waals surface area contributed by atoms with Crippen molar-refractivity contribution in [3.63, 3.8) is 0 Å². The van der Waals surface area contributed by atoms with Crippen molar-refractivity contribution in [2.45, 2.75) is 19.5 Å². The third kappa shape index (κ3) is 5.34. The number of benzene rings is 1. The monoisotopic (exact) mass is 317 g/mol. The fraction of sp³-hybridized carbons (Fsp3) is 0.267. The predicted octanol–water partition coefficient (Wildman–Crippen LogP) is 2.27. The summed E-state index contributed by atoms with van der Waals surface area (Å²) in [5.74, 6) is 0. The molecule has 122 valence electrons. The summed E-state index contributed by atoms with van der Waals surface area (Å²) in [6, 6.07) is 6.36. The van der Waals surface area contributed by atoms with Crippen LogP contribution < -0.4 is 16.0 Å².